The number of carbonyl (C=O) groups excluding carboxylic acids is 1. The molecule has 2 fully saturated rings. The summed E-state index contributed by atoms with van der Waals surface area (Å²) in [5, 5.41) is 3.00. The van der Waals surface area contributed by atoms with Gasteiger partial charge in [0, 0.05) is 10.9 Å². The van der Waals surface area contributed by atoms with Crippen molar-refractivity contribution < 1.29 is 4.79 Å². The molecule has 2 aliphatic rings. The Morgan fingerprint density at radius 3 is 2.83 bits per heavy atom. The molecule has 3 nitrogen and oxygen atoms in total. The van der Waals surface area contributed by atoms with E-state index in [9.17, 15) is 4.79 Å². The molecule has 18 heavy (non-hydrogen) atoms. The molecule has 0 aliphatic heterocycles. The van der Waals surface area contributed by atoms with Crippen LogP contribution in [-0.4, -0.2) is 11.9 Å². The summed E-state index contributed by atoms with van der Waals surface area (Å²) in [6.45, 7) is 0.566. The standard InChI is InChI=1S/C13H17ClN2OS/c14-10-4-3-9(18-10)6-16-13(17)11-7-1-2-8(5-7)12(11)15/h3-4,7-8,11-12H,1-2,5-6,15H2,(H,16,17). The summed E-state index contributed by atoms with van der Waals surface area (Å²) >= 11 is 7.37. The Kier molecular flexibility index (Phi) is 3.34. The van der Waals surface area contributed by atoms with Gasteiger partial charge in [-0.2, -0.15) is 0 Å². The number of amides is 1. The molecule has 1 aromatic heterocycles. The van der Waals surface area contributed by atoms with Gasteiger partial charge in [0.25, 0.3) is 0 Å². The molecule has 2 aliphatic carbocycles. The number of thiophene rings is 1. The maximum atomic E-state index is 12.2. The lowest BCUT2D eigenvalue weighted by molar-refractivity contribution is -0.127. The smallest absolute Gasteiger partial charge is 0.225 e. The first-order chi connectivity index (χ1) is 8.65. The molecule has 0 spiro atoms. The maximum Gasteiger partial charge on any atom is 0.225 e. The number of carbonyl (C=O) groups is 1. The number of hydrogen-bond donors (Lipinski definition) is 2. The molecule has 0 aromatic carbocycles. The molecule has 4 atom stereocenters. The van der Waals surface area contributed by atoms with Gasteiger partial charge in [-0.05, 0) is 43.2 Å². The molecule has 98 valence electrons. The molecule has 1 amide bonds. The average molecular weight is 285 g/mol. The minimum Gasteiger partial charge on any atom is -0.351 e. The van der Waals surface area contributed by atoms with E-state index < -0.39 is 0 Å². The predicted molar refractivity (Wildman–Crippen MR) is 73.5 cm³/mol. The highest BCUT2D eigenvalue weighted by Gasteiger charge is 2.48. The van der Waals surface area contributed by atoms with E-state index in [-0.39, 0.29) is 17.9 Å². The van der Waals surface area contributed by atoms with Gasteiger partial charge in [0.2, 0.25) is 5.91 Å². The first-order valence-electron chi connectivity index (χ1n) is 6.42. The van der Waals surface area contributed by atoms with E-state index in [2.05, 4.69) is 5.32 Å². The third-order valence-electron chi connectivity index (χ3n) is 4.35. The second-order valence-electron chi connectivity index (χ2n) is 5.36. The van der Waals surface area contributed by atoms with Crippen molar-refractivity contribution in [2.45, 2.75) is 31.8 Å². The molecule has 4 unspecified atom stereocenters. The van der Waals surface area contributed by atoms with E-state index in [0.29, 0.717) is 18.4 Å². The summed E-state index contributed by atoms with van der Waals surface area (Å²) in [6, 6.07) is 3.88. The molecule has 3 rings (SSSR count). The Morgan fingerprint density at radius 1 is 1.44 bits per heavy atom. The van der Waals surface area contributed by atoms with E-state index in [4.69, 9.17) is 17.3 Å². The van der Waals surface area contributed by atoms with Crippen molar-refractivity contribution in [3.8, 4) is 0 Å². The monoisotopic (exact) mass is 284 g/mol. The Morgan fingerprint density at radius 2 is 2.22 bits per heavy atom. The molecular weight excluding hydrogens is 268 g/mol. The first-order valence-corrected chi connectivity index (χ1v) is 7.62. The van der Waals surface area contributed by atoms with E-state index in [1.165, 1.54) is 24.2 Å². The summed E-state index contributed by atoms with van der Waals surface area (Å²) in [5.41, 5.74) is 6.16. The van der Waals surface area contributed by atoms with Crippen LogP contribution in [0.25, 0.3) is 0 Å². The van der Waals surface area contributed by atoms with Gasteiger partial charge in [-0.3, -0.25) is 4.79 Å². The number of rotatable bonds is 3. The Hall–Kier alpha value is -0.580. The molecule has 5 heteroatoms. The number of fused-ring (bicyclic) bond motifs is 2. The lowest BCUT2D eigenvalue weighted by Gasteiger charge is -2.26. The van der Waals surface area contributed by atoms with Gasteiger partial charge in [-0.1, -0.05) is 11.6 Å². The zero-order chi connectivity index (χ0) is 12.7. The van der Waals surface area contributed by atoms with Crippen LogP contribution >= 0.6 is 22.9 Å². The third kappa shape index (κ3) is 2.17. The summed E-state index contributed by atoms with van der Waals surface area (Å²) in [4.78, 5) is 13.3. The van der Waals surface area contributed by atoms with Gasteiger partial charge in [-0.25, -0.2) is 0 Å². The zero-order valence-electron chi connectivity index (χ0n) is 10.1. The van der Waals surface area contributed by atoms with Crippen molar-refractivity contribution >= 4 is 28.8 Å². The highest BCUT2D eigenvalue weighted by Crippen LogP contribution is 2.47. The van der Waals surface area contributed by atoms with Gasteiger partial charge in [-0.15, -0.1) is 11.3 Å². The first kappa shape index (κ1) is 12.5. The van der Waals surface area contributed by atoms with Gasteiger partial charge < -0.3 is 11.1 Å². The largest absolute Gasteiger partial charge is 0.351 e. The van der Waals surface area contributed by atoms with Crippen molar-refractivity contribution in [1.29, 1.82) is 0 Å². The van der Waals surface area contributed by atoms with Gasteiger partial charge in [0.05, 0.1) is 16.8 Å². The normalized spacial score (nSPS) is 33.9. The highest BCUT2D eigenvalue weighted by atomic mass is 35.5. The van der Waals surface area contributed by atoms with E-state index in [1.807, 2.05) is 12.1 Å². The molecule has 0 radical (unpaired) electrons. The molecular formula is C13H17ClN2OS. The third-order valence-corrected chi connectivity index (χ3v) is 5.58. The number of nitrogens with one attached hydrogen (secondary N) is 1. The summed E-state index contributed by atoms with van der Waals surface area (Å²) < 4.78 is 0.760. The van der Waals surface area contributed by atoms with E-state index in [1.54, 1.807) is 0 Å². The summed E-state index contributed by atoms with van der Waals surface area (Å²) in [7, 11) is 0. The molecule has 0 saturated heterocycles. The minimum atomic E-state index is 0.0270. The van der Waals surface area contributed by atoms with Crippen molar-refractivity contribution in [3.05, 3.63) is 21.3 Å². The van der Waals surface area contributed by atoms with Crippen LogP contribution in [0.3, 0.4) is 0 Å². The summed E-state index contributed by atoms with van der Waals surface area (Å²) in [6.07, 6.45) is 3.52. The van der Waals surface area contributed by atoms with Crippen LogP contribution in [0.2, 0.25) is 4.34 Å². The van der Waals surface area contributed by atoms with Crippen molar-refractivity contribution in [1.82, 2.24) is 5.32 Å². The van der Waals surface area contributed by atoms with Crippen LogP contribution < -0.4 is 11.1 Å². The molecule has 1 heterocycles. The Balaban J connectivity index is 1.59. The molecule has 3 N–H and O–H groups in total. The van der Waals surface area contributed by atoms with Crippen molar-refractivity contribution in [2.75, 3.05) is 0 Å². The number of halogens is 1. The summed E-state index contributed by atoms with van der Waals surface area (Å²) in [5.74, 6) is 1.23. The zero-order valence-corrected chi connectivity index (χ0v) is 11.6. The Labute approximate surface area is 116 Å². The van der Waals surface area contributed by atoms with Crippen LogP contribution in [0, 0.1) is 17.8 Å². The van der Waals surface area contributed by atoms with Crippen LogP contribution in [0.15, 0.2) is 12.1 Å². The fourth-order valence-electron chi connectivity index (χ4n) is 3.46. The van der Waals surface area contributed by atoms with Crippen LogP contribution in [-0.2, 0) is 11.3 Å². The second-order valence-corrected chi connectivity index (χ2v) is 7.16. The number of nitrogens with two attached hydrogens (primary N) is 1. The topological polar surface area (TPSA) is 55.1 Å². The molecule has 1 aromatic rings. The molecule has 2 bridgehead atoms. The molecule has 2 saturated carbocycles. The fraction of sp³-hybridized carbons (Fsp3) is 0.615. The van der Waals surface area contributed by atoms with Gasteiger partial charge in [0.1, 0.15) is 0 Å². The Bertz CT molecular complexity index is 460. The second kappa shape index (κ2) is 4.83. The quantitative estimate of drug-likeness (QED) is 0.895. The number of hydrogen-bond acceptors (Lipinski definition) is 3. The minimum absolute atomic E-state index is 0.0270. The lowest BCUT2D eigenvalue weighted by Crippen LogP contribution is -2.45. The van der Waals surface area contributed by atoms with Crippen LogP contribution in [0.4, 0.5) is 0 Å². The van der Waals surface area contributed by atoms with Crippen molar-refractivity contribution in [3.63, 3.8) is 0 Å². The maximum absolute atomic E-state index is 12.2. The van der Waals surface area contributed by atoms with Crippen molar-refractivity contribution in [2.24, 2.45) is 23.5 Å². The van der Waals surface area contributed by atoms with Gasteiger partial charge in [0.15, 0.2) is 0 Å². The van der Waals surface area contributed by atoms with Gasteiger partial charge >= 0.3 is 0 Å². The van der Waals surface area contributed by atoms with Crippen LogP contribution in [0.1, 0.15) is 24.1 Å². The average Bonchev–Trinajstić information content (AvgIpc) is 3.02. The lowest BCUT2D eigenvalue weighted by atomic mass is 9.84. The highest BCUT2D eigenvalue weighted by molar-refractivity contribution is 7.16. The van der Waals surface area contributed by atoms with E-state index >= 15 is 0 Å². The predicted octanol–water partition coefficient (Wildman–Crippen LogP) is 2.39. The fourth-order valence-corrected chi connectivity index (χ4v) is 4.49. The van der Waals surface area contributed by atoms with E-state index in [0.717, 1.165) is 15.6 Å². The SMILES string of the molecule is NC1C2CCC(C2)C1C(=O)NCc1ccc(Cl)s1. The van der Waals surface area contributed by atoms with Crippen LogP contribution in [0.5, 0.6) is 0 Å².